The van der Waals surface area contributed by atoms with Crippen LogP contribution in [0.5, 0.6) is 17.2 Å². The molecule has 0 aliphatic carbocycles. The summed E-state index contributed by atoms with van der Waals surface area (Å²) in [5.74, 6) is 2.43. The Kier molecular flexibility index (Phi) is 7.59. The number of rotatable bonds is 9. The van der Waals surface area contributed by atoms with Crippen LogP contribution in [-0.2, 0) is 13.0 Å². The van der Waals surface area contributed by atoms with Crippen LogP contribution in [0.3, 0.4) is 0 Å². The highest BCUT2D eigenvalue weighted by molar-refractivity contribution is 9.10. The third kappa shape index (κ3) is 5.94. The average molecular weight is 408 g/mol. The first-order valence-corrected chi connectivity index (χ1v) is 9.19. The first kappa shape index (κ1) is 19.6. The van der Waals surface area contributed by atoms with Crippen molar-refractivity contribution >= 4 is 15.9 Å². The van der Waals surface area contributed by atoms with E-state index in [1.165, 1.54) is 5.56 Å². The Morgan fingerprint density at radius 2 is 1.76 bits per heavy atom. The highest BCUT2D eigenvalue weighted by Gasteiger charge is 2.14. The molecule has 0 saturated carbocycles. The van der Waals surface area contributed by atoms with Gasteiger partial charge in [-0.2, -0.15) is 0 Å². The van der Waals surface area contributed by atoms with Crippen LogP contribution in [0.4, 0.5) is 0 Å². The number of halogens is 1. The molecule has 0 bridgehead atoms. The van der Waals surface area contributed by atoms with Gasteiger partial charge < -0.3 is 19.5 Å². The third-order valence-electron chi connectivity index (χ3n) is 3.73. The SMILES string of the molecule is COc1ccc(CCNCc2cc(Br)cc(OC)c2OC(C)C)cc1. The van der Waals surface area contributed by atoms with Gasteiger partial charge in [0.2, 0.25) is 0 Å². The Morgan fingerprint density at radius 1 is 1.04 bits per heavy atom. The van der Waals surface area contributed by atoms with Crippen molar-refractivity contribution < 1.29 is 14.2 Å². The van der Waals surface area contributed by atoms with Gasteiger partial charge in [0, 0.05) is 16.6 Å². The van der Waals surface area contributed by atoms with E-state index in [0.717, 1.165) is 40.3 Å². The van der Waals surface area contributed by atoms with Crippen LogP contribution in [0.15, 0.2) is 40.9 Å². The lowest BCUT2D eigenvalue weighted by atomic mass is 10.1. The zero-order chi connectivity index (χ0) is 18.2. The molecule has 4 nitrogen and oxygen atoms in total. The highest BCUT2D eigenvalue weighted by Crippen LogP contribution is 2.35. The Morgan fingerprint density at radius 3 is 2.36 bits per heavy atom. The predicted molar refractivity (Wildman–Crippen MR) is 105 cm³/mol. The highest BCUT2D eigenvalue weighted by atomic mass is 79.9. The number of hydrogen-bond donors (Lipinski definition) is 1. The summed E-state index contributed by atoms with van der Waals surface area (Å²) in [7, 11) is 3.34. The lowest BCUT2D eigenvalue weighted by Crippen LogP contribution is -2.18. The van der Waals surface area contributed by atoms with Gasteiger partial charge in [-0.1, -0.05) is 28.1 Å². The van der Waals surface area contributed by atoms with E-state index in [-0.39, 0.29) is 6.10 Å². The zero-order valence-electron chi connectivity index (χ0n) is 15.3. The standard InChI is InChI=1S/C20H26BrNO3/c1-14(2)25-20-16(11-17(21)12-19(20)24-4)13-22-10-9-15-5-7-18(23-3)8-6-15/h5-8,11-12,14,22H,9-10,13H2,1-4H3. The van der Waals surface area contributed by atoms with E-state index in [1.54, 1.807) is 14.2 Å². The van der Waals surface area contributed by atoms with Crippen LogP contribution in [0, 0.1) is 0 Å². The van der Waals surface area contributed by atoms with Crippen LogP contribution in [0.1, 0.15) is 25.0 Å². The molecule has 0 aromatic heterocycles. The van der Waals surface area contributed by atoms with Crippen LogP contribution in [0.2, 0.25) is 0 Å². The minimum absolute atomic E-state index is 0.0909. The van der Waals surface area contributed by atoms with Crippen LogP contribution < -0.4 is 19.5 Å². The summed E-state index contributed by atoms with van der Waals surface area (Å²) in [6.45, 7) is 5.63. The van der Waals surface area contributed by atoms with Crippen LogP contribution in [0.25, 0.3) is 0 Å². The number of ether oxygens (including phenoxy) is 3. The normalized spacial score (nSPS) is 10.8. The van der Waals surface area contributed by atoms with E-state index in [1.807, 2.05) is 32.0 Å². The molecule has 136 valence electrons. The largest absolute Gasteiger partial charge is 0.497 e. The van der Waals surface area contributed by atoms with Gasteiger partial charge in [-0.3, -0.25) is 0 Å². The van der Waals surface area contributed by atoms with Gasteiger partial charge in [0.15, 0.2) is 11.5 Å². The van der Waals surface area contributed by atoms with Crippen LogP contribution >= 0.6 is 15.9 Å². The maximum Gasteiger partial charge on any atom is 0.166 e. The molecule has 0 fully saturated rings. The molecule has 2 rings (SSSR count). The Hall–Kier alpha value is -1.72. The summed E-state index contributed by atoms with van der Waals surface area (Å²) in [6.07, 6.45) is 1.04. The number of nitrogens with one attached hydrogen (secondary N) is 1. The first-order chi connectivity index (χ1) is 12.0. The Labute approximate surface area is 158 Å². The molecule has 0 heterocycles. The fraction of sp³-hybridized carbons (Fsp3) is 0.400. The summed E-state index contributed by atoms with van der Waals surface area (Å²) in [6, 6.07) is 12.2. The molecule has 0 amide bonds. The van der Waals surface area contributed by atoms with Gasteiger partial charge in [0.1, 0.15) is 5.75 Å². The van der Waals surface area contributed by atoms with E-state index in [9.17, 15) is 0 Å². The van der Waals surface area contributed by atoms with E-state index in [2.05, 4.69) is 39.4 Å². The smallest absolute Gasteiger partial charge is 0.166 e. The topological polar surface area (TPSA) is 39.7 Å². The van der Waals surface area contributed by atoms with Gasteiger partial charge in [-0.15, -0.1) is 0 Å². The molecule has 0 atom stereocenters. The van der Waals surface area contributed by atoms with Crippen molar-refractivity contribution in [3.05, 3.63) is 52.0 Å². The maximum atomic E-state index is 5.96. The second-order valence-electron chi connectivity index (χ2n) is 6.04. The minimum Gasteiger partial charge on any atom is -0.497 e. The molecular weight excluding hydrogens is 382 g/mol. The quantitative estimate of drug-likeness (QED) is 0.617. The predicted octanol–water partition coefficient (Wildman–Crippen LogP) is 4.59. The fourth-order valence-corrected chi connectivity index (χ4v) is 3.01. The van der Waals surface area contributed by atoms with E-state index in [0.29, 0.717) is 6.54 Å². The zero-order valence-corrected chi connectivity index (χ0v) is 16.9. The number of hydrogen-bond acceptors (Lipinski definition) is 4. The lowest BCUT2D eigenvalue weighted by molar-refractivity contribution is 0.227. The third-order valence-corrected chi connectivity index (χ3v) is 4.19. The van der Waals surface area contributed by atoms with E-state index in [4.69, 9.17) is 14.2 Å². The molecule has 25 heavy (non-hydrogen) atoms. The maximum absolute atomic E-state index is 5.96. The van der Waals surface area contributed by atoms with E-state index < -0.39 is 0 Å². The summed E-state index contributed by atoms with van der Waals surface area (Å²) < 4.78 is 17.6. The van der Waals surface area contributed by atoms with Crippen molar-refractivity contribution in [3.63, 3.8) is 0 Å². The molecule has 0 radical (unpaired) electrons. The van der Waals surface area contributed by atoms with E-state index >= 15 is 0 Å². The summed E-state index contributed by atoms with van der Waals surface area (Å²) in [4.78, 5) is 0. The van der Waals surface area contributed by atoms with Gasteiger partial charge in [0.05, 0.1) is 20.3 Å². The molecule has 0 aliphatic heterocycles. The van der Waals surface area contributed by atoms with Gasteiger partial charge >= 0.3 is 0 Å². The molecular formula is C20H26BrNO3. The number of methoxy groups -OCH3 is 2. The Bertz CT molecular complexity index is 671. The second kappa shape index (κ2) is 9.68. The van der Waals surface area contributed by atoms with Gasteiger partial charge in [0.25, 0.3) is 0 Å². The molecule has 2 aromatic rings. The van der Waals surface area contributed by atoms with Crippen molar-refractivity contribution in [1.29, 1.82) is 0 Å². The van der Waals surface area contributed by atoms with Crippen molar-refractivity contribution in [2.24, 2.45) is 0 Å². The average Bonchev–Trinajstić information content (AvgIpc) is 2.60. The van der Waals surface area contributed by atoms with Crippen LogP contribution in [-0.4, -0.2) is 26.9 Å². The molecule has 5 heteroatoms. The first-order valence-electron chi connectivity index (χ1n) is 8.40. The fourth-order valence-electron chi connectivity index (χ4n) is 2.52. The number of benzene rings is 2. The summed E-state index contributed by atoms with van der Waals surface area (Å²) in [5, 5.41) is 3.48. The second-order valence-corrected chi connectivity index (χ2v) is 6.95. The summed E-state index contributed by atoms with van der Waals surface area (Å²) >= 11 is 3.54. The minimum atomic E-state index is 0.0909. The van der Waals surface area contributed by atoms with Crippen molar-refractivity contribution in [2.75, 3.05) is 20.8 Å². The molecule has 0 spiro atoms. The molecule has 0 unspecified atom stereocenters. The van der Waals surface area contributed by atoms with Gasteiger partial charge in [-0.25, -0.2) is 0 Å². The lowest BCUT2D eigenvalue weighted by Gasteiger charge is -2.18. The summed E-state index contributed by atoms with van der Waals surface area (Å²) in [5.41, 5.74) is 2.36. The monoisotopic (exact) mass is 407 g/mol. The van der Waals surface area contributed by atoms with Crippen molar-refractivity contribution in [3.8, 4) is 17.2 Å². The molecule has 1 N–H and O–H groups in total. The molecule has 0 aliphatic rings. The van der Waals surface area contributed by atoms with Crippen molar-refractivity contribution in [1.82, 2.24) is 5.32 Å². The molecule has 0 saturated heterocycles. The Balaban J connectivity index is 1.97. The molecule has 2 aromatic carbocycles. The van der Waals surface area contributed by atoms with Gasteiger partial charge in [-0.05, 0) is 56.6 Å². The van der Waals surface area contributed by atoms with Crippen molar-refractivity contribution in [2.45, 2.75) is 32.9 Å².